The summed E-state index contributed by atoms with van der Waals surface area (Å²) in [5, 5.41) is 1.88. The topological polar surface area (TPSA) is 42.4 Å². The lowest BCUT2D eigenvalue weighted by atomic mass is 9.97. The maximum absolute atomic E-state index is 6.88. The third-order valence-electron chi connectivity index (χ3n) is 8.90. The van der Waals surface area contributed by atoms with E-state index in [4.69, 9.17) is 13.8 Å². The van der Waals surface area contributed by atoms with Crippen LogP contribution in [0, 0.1) is 0 Å². The SMILES string of the molecule is C=Cc1cc2c(oc3cccc(-c4nc5ccccc5o4)c32)c(N(C2=CC/C=C\C=C/CC=C2)c2ccc(-c3ccccc3)cc2)c1C=C. The largest absolute Gasteiger partial charge is 0.454 e. The number of allylic oxidation sites excluding steroid dienone is 7. The summed E-state index contributed by atoms with van der Waals surface area (Å²) >= 11 is 0. The lowest BCUT2D eigenvalue weighted by Gasteiger charge is -2.29. The number of rotatable bonds is 7. The highest BCUT2D eigenvalue weighted by Gasteiger charge is 2.26. The molecule has 2 heterocycles. The first-order valence-electron chi connectivity index (χ1n) is 16.5. The van der Waals surface area contributed by atoms with Gasteiger partial charge in [0.1, 0.15) is 11.1 Å². The van der Waals surface area contributed by atoms with Crippen LogP contribution < -0.4 is 4.90 Å². The molecule has 2 aromatic heterocycles. The summed E-state index contributed by atoms with van der Waals surface area (Å²) in [7, 11) is 0. The van der Waals surface area contributed by atoms with Crippen molar-refractivity contribution >= 4 is 56.6 Å². The number of anilines is 2. The molecule has 5 aromatic carbocycles. The van der Waals surface area contributed by atoms with E-state index in [1.54, 1.807) is 0 Å². The van der Waals surface area contributed by atoms with Crippen molar-refractivity contribution in [3.05, 3.63) is 176 Å². The molecule has 49 heavy (non-hydrogen) atoms. The van der Waals surface area contributed by atoms with E-state index >= 15 is 0 Å². The summed E-state index contributed by atoms with van der Waals surface area (Å²) in [5.41, 5.74) is 11.0. The average molecular weight is 635 g/mol. The molecule has 0 aliphatic heterocycles. The summed E-state index contributed by atoms with van der Waals surface area (Å²) in [6.45, 7) is 8.52. The Morgan fingerprint density at radius 3 is 2.24 bits per heavy atom. The number of aromatic nitrogens is 1. The van der Waals surface area contributed by atoms with E-state index in [2.05, 4.69) is 115 Å². The van der Waals surface area contributed by atoms with Gasteiger partial charge in [-0.3, -0.25) is 0 Å². The minimum Gasteiger partial charge on any atom is -0.454 e. The van der Waals surface area contributed by atoms with Crippen LogP contribution in [0.25, 0.3) is 67.8 Å². The number of fused-ring (bicyclic) bond motifs is 4. The number of nitrogens with zero attached hydrogens (tertiary/aromatic N) is 2. The number of para-hydroxylation sites is 2. The van der Waals surface area contributed by atoms with Crippen LogP contribution in [0.4, 0.5) is 11.4 Å². The average Bonchev–Trinajstić information content (AvgIpc) is 3.76. The maximum atomic E-state index is 6.88. The quantitative estimate of drug-likeness (QED) is 0.175. The van der Waals surface area contributed by atoms with Gasteiger partial charge in [0, 0.05) is 33.3 Å². The molecule has 0 spiro atoms. The fourth-order valence-corrected chi connectivity index (χ4v) is 6.59. The molecule has 0 atom stereocenters. The Balaban J connectivity index is 1.41. The molecule has 0 saturated carbocycles. The monoisotopic (exact) mass is 634 g/mol. The molecule has 0 fully saturated rings. The zero-order chi connectivity index (χ0) is 33.2. The van der Waals surface area contributed by atoms with Crippen LogP contribution in [-0.4, -0.2) is 4.98 Å². The Bertz CT molecular complexity index is 2440. The second kappa shape index (κ2) is 13.0. The predicted molar refractivity (Wildman–Crippen MR) is 206 cm³/mol. The Morgan fingerprint density at radius 2 is 1.45 bits per heavy atom. The molecule has 0 bridgehead atoms. The van der Waals surface area contributed by atoms with Crippen molar-refractivity contribution in [1.82, 2.24) is 4.98 Å². The van der Waals surface area contributed by atoms with E-state index in [1.165, 1.54) is 5.56 Å². The van der Waals surface area contributed by atoms with Gasteiger partial charge in [-0.15, -0.1) is 0 Å². The molecule has 8 rings (SSSR count). The zero-order valence-electron chi connectivity index (χ0n) is 27.1. The van der Waals surface area contributed by atoms with Crippen LogP contribution in [0.1, 0.15) is 24.0 Å². The molecule has 0 amide bonds. The minimum absolute atomic E-state index is 0.551. The van der Waals surface area contributed by atoms with Gasteiger partial charge in [0.25, 0.3) is 0 Å². The summed E-state index contributed by atoms with van der Waals surface area (Å²) in [4.78, 5) is 7.15. The lowest BCUT2D eigenvalue weighted by Crippen LogP contribution is -2.17. The molecule has 0 radical (unpaired) electrons. The molecule has 0 N–H and O–H groups in total. The summed E-state index contributed by atoms with van der Waals surface area (Å²) in [5.74, 6) is 0.551. The first kappa shape index (κ1) is 30.0. The predicted octanol–water partition coefficient (Wildman–Crippen LogP) is 12.8. The van der Waals surface area contributed by atoms with Gasteiger partial charge in [0.05, 0.1) is 5.69 Å². The van der Waals surface area contributed by atoms with Crippen molar-refractivity contribution in [3.63, 3.8) is 0 Å². The molecule has 4 nitrogen and oxygen atoms in total. The van der Waals surface area contributed by atoms with Gasteiger partial charge >= 0.3 is 0 Å². The lowest BCUT2D eigenvalue weighted by molar-refractivity contribution is 0.620. The summed E-state index contributed by atoms with van der Waals surface area (Å²) < 4.78 is 13.2. The van der Waals surface area contributed by atoms with Gasteiger partial charge in [-0.2, -0.15) is 0 Å². The van der Waals surface area contributed by atoms with E-state index in [9.17, 15) is 0 Å². The third-order valence-corrected chi connectivity index (χ3v) is 8.90. The van der Waals surface area contributed by atoms with Crippen molar-refractivity contribution in [2.45, 2.75) is 12.8 Å². The summed E-state index contributed by atoms with van der Waals surface area (Å²) in [6, 6.07) is 35.2. The van der Waals surface area contributed by atoms with Crippen molar-refractivity contribution in [2.75, 3.05) is 4.90 Å². The van der Waals surface area contributed by atoms with Gasteiger partial charge in [-0.05, 0) is 78.1 Å². The van der Waals surface area contributed by atoms with Crippen LogP contribution >= 0.6 is 0 Å². The number of hydrogen-bond donors (Lipinski definition) is 0. The van der Waals surface area contributed by atoms with Crippen LogP contribution in [0.2, 0.25) is 0 Å². The van der Waals surface area contributed by atoms with Crippen LogP contribution in [-0.2, 0) is 0 Å². The van der Waals surface area contributed by atoms with Crippen molar-refractivity contribution in [2.24, 2.45) is 0 Å². The summed E-state index contributed by atoms with van der Waals surface area (Å²) in [6.07, 6.45) is 20.5. The number of hydrogen-bond acceptors (Lipinski definition) is 4. The van der Waals surface area contributed by atoms with Crippen LogP contribution in [0.3, 0.4) is 0 Å². The van der Waals surface area contributed by atoms with E-state index in [0.717, 1.165) is 85.2 Å². The van der Waals surface area contributed by atoms with Gasteiger partial charge in [0.15, 0.2) is 11.2 Å². The Labute approximate surface area is 285 Å². The highest BCUT2D eigenvalue weighted by atomic mass is 16.3. The molecule has 1 aliphatic rings. The highest BCUT2D eigenvalue weighted by molar-refractivity contribution is 6.17. The van der Waals surface area contributed by atoms with Crippen molar-refractivity contribution in [3.8, 4) is 22.6 Å². The van der Waals surface area contributed by atoms with Gasteiger partial charge < -0.3 is 13.7 Å². The van der Waals surface area contributed by atoms with Crippen molar-refractivity contribution < 1.29 is 8.83 Å². The van der Waals surface area contributed by atoms with Gasteiger partial charge in [-0.25, -0.2) is 4.98 Å². The maximum Gasteiger partial charge on any atom is 0.228 e. The second-order valence-electron chi connectivity index (χ2n) is 11.9. The molecule has 4 heteroatoms. The van der Waals surface area contributed by atoms with E-state index in [0.29, 0.717) is 5.89 Å². The standard InChI is InChI=1S/C45H34N2O2/c1-3-31-30-38-42-37(45-46-39-23-15-16-24-40(39)49-45)22-17-25-41(42)48-44(38)43(36(31)4-2)47(34-20-13-8-6-5-7-9-14-21-34)35-28-26-33(27-29-35)32-18-11-10-12-19-32/h3-8,10-12,14-30H,1-2,9,13H2/b7-5-,8-6-,21-14?,34-20?. The first-order chi connectivity index (χ1) is 24.2. The molecular weight excluding hydrogens is 601 g/mol. The van der Waals surface area contributed by atoms with Gasteiger partial charge in [-0.1, -0.05) is 122 Å². The van der Waals surface area contributed by atoms with Crippen LogP contribution in [0.15, 0.2) is 173 Å². The zero-order valence-corrected chi connectivity index (χ0v) is 27.1. The second-order valence-corrected chi connectivity index (χ2v) is 11.9. The van der Waals surface area contributed by atoms with E-state index < -0.39 is 0 Å². The van der Waals surface area contributed by atoms with E-state index in [1.807, 2.05) is 60.7 Å². The van der Waals surface area contributed by atoms with Crippen molar-refractivity contribution in [1.29, 1.82) is 0 Å². The third kappa shape index (κ3) is 5.53. The minimum atomic E-state index is 0.551. The molecule has 0 saturated heterocycles. The number of furan rings is 1. The first-order valence-corrected chi connectivity index (χ1v) is 16.5. The number of oxazole rings is 1. The Kier molecular flexibility index (Phi) is 7.96. The molecule has 0 unspecified atom stereocenters. The van der Waals surface area contributed by atoms with Crippen LogP contribution in [0.5, 0.6) is 0 Å². The smallest absolute Gasteiger partial charge is 0.228 e. The Morgan fingerprint density at radius 1 is 0.694 bits per heavy atom. The fourth-order valence-electron chi connectivity index (χ4n) is 6.59. The Hall–Kier alpha value is -6.39. The molecule has 7 aromatic rings. The normalized spacial score (nSPS) is 14.5. The molecule has 236 valence electrons. The number of benzene rings is 5. The molecular formula is C45H34N2O2. The van der Waals surface area contributed by atoms with E-state index in [-0.39, 0.29) is 0 Å². The highest BCUT2D eigenvalue weighted by Crippen LogP contribution is 2.47. The van der Waals surface area contributed by atoms with Gasteiger partial charge in [0.2, 0.25) is 5.89 Å². The molecule has 1 aliphatic carbocycles. The fraction of sp³-hybridized carbons (Fsp3) is 0.0444.